The molecule has 3 N–H and O–H groups in total. The van der Waals surface area contributed by atoms with E-state index in [-0.39, 0.29) is 6.04 Å². The molecule has 1 aromatic heterocycles. The lowest BCUT2D eigenvalue weighted by atomic mass is 10.3. The van der Waals surface area contributed by atoms with Crippen molar-refractivity contribution >= 4 is 22.6 Å². The van der Waals surface area contributed by atoms with E-state index in [1.54, 1.807) is 0 Å². The van der Waals surface area contributed by atoms with Gasteiger partial charge >= 0.3 is 0 Å². The number of nitrogens with one attached hydrogen (secondary N) is 1. The van der Waals surface area contributed by atoms with Crippen LogP contribution in [0.2, 0.25) is 5.02 Å². The Morgan fingerprint density at radius 1 is 1.54 bits per heavy atom. The second-order valence-electron chi connectivity index (χ2n) is 3.05. The second kappa shape index (κ2) is 3.01. The highest BCUT2D eigenvalue weighted by molar-refractivity contribution is 6.34. The van der Waals surface area contributed by atoms with E-state index in [2.05, 4.69) is 9.97 Å². The van der Waals surface area contributed by atoms with Crippen LogP contribution in [-0.4, -0.2) is 9.97 Å². The van der Waals surface area contributed by atoms with Crippen LogP contribution in [0.15, 0.2) is 18.2 Å². The second-order valence-corrected chi connectivity index (χ2v) is 3.45. The first-order chi connectivity index (χ1) is 6.18. The van der Waals surface area contributed by atoms with Crippen LogP contribution in [0.25, 0.3) is 11.0 Å². The first-order valence-corrected chi connectivity index (χ1v) is 4.46. The zero-order valence-electron chi connectivity index (χ0n) is 7.21. The van der Waals surface area contributed by atoms with Crippen molar-refractivity contribution in [1.29, 1.82) is 0 Å². The summed E-state index contributed by atoms with van der Waals surface area (Å²) in [7, 11) is 0. The number of fused-ring (bicyclic) bond motifs is 1. The number of benzene rings is 1. The van der Waals surface area contributed by atoms with Crippen LogP contribution in [-0.2, 0) is 0 Å². The number of rotatable bonds is 1. The third-order valence-electron chi connectivity index (χ3n) is 1.91. The molecule has 0 bridgehead atoms. The first kappa shape index (κ1) is 8.53. The van der Waals surface area contributed by atoms with Crippen LogP contribution >= 0.6 is 11.6 Å². The number of aromatic amines is 1. The lowest BCUT2D eigenvalue weighted by molar-refractivity contribution is 0.760. The summed E-state index contributed by atoms with van der Waals surface area (Å²) in [5, 5.41) is 0.653. The number of aromatic nitrogens is 2. The van der Waals surface area contributed by atoms with E-state index >= 15 is 0 Å². The summed E-state index contributed by atoms with van der Waals surface area (Å²) < 4.78 is 0. The lowest BCUT2D eigenvalue weighted by Crippen LogP contribution is -2.06. The normalized spacial score (nSPS) is 13.5. The molecule has 1 atom stereocenters. The summed E-state index contributed by atoms with van der Waals surface area (Å²) in [6.07, 6.45) is 0. The van der Waals surface area contributed by atoms with Gasteiger partial charge in [-0.25, -0.2) is 4.98 Å². The van der Waals surface area contributed by atoms with E-state index in [0.29, 0.717) is 5.02 Å². The molecule has 1 aromatic carbocycles. The van der Waals surface area contributed by atoms with E-state index in [1.807, 2.05) is 25.1 Å². The monoisotopic (exact) mass is 195 g/mol. The maximum Gasteiger partial charge on any atom is 0.124 e. The molecule has 2 rings (SSSR count). The first-order valence-electron chi connectivity index (χ1n) is 4.08. The molecule has 2 aromatic rings. The molecular weight excluding hydrogens is 186 g/mol. The van der Waals surface area contributed by atoms with Crippen LogP contribution in [0.5, 0.6) is 0 Å². The molecule has 1 unspecified atom stereocenters. The SMILES string of the molecule is CC(N)c1nc2c(Cl)cccc2[nH]1. The zero-order valence-corrected chi connectivity index (χ0v) is 7.97. The summed E-state index contributed by atoms with van der Waals surface area (Å²) >= 11 is 5.95. The number of imidazole rings is 1. The highest BCUT2D eigenvalue weighted by Gasteiger charge is 2.07. The molecule has 1 heterocycles. The highest BCUT2D eigenvalue weighted by atomic mass is 35.5. The number of halogens is 1. The quantitative estimate of drug-likeness (QED) is 0.733. The van der Waals surface area contributed by atoms with Gasteiger partial charge in [0.1, 0.15) is 11.3 Å². The van der Waals surface area contributed by atoms with E-state index in [1.165, 1.54) is 0 Å². The molecule has 4 heteroatoms. The van der Waals surface area contributed by atoms with Gasteiger partial charge in [0.2, 0.25) is 0 Å². The Labute approximate surface area is 80.9 Å². The van der Waals surface area contributed by atoms with Crippen molar-refractivity contribution in [3.05, 3.63) is 29.0 Å². The van der Waals surface area contributed by atoms with Gasteiger partial charge in [0, 0.05) is 0 Å². The summed E-state index contributed by atoms with van der Waals surface area (Å²) in [6, 6.07) is 5.53. The van der Waals surface area contributed by atoms with Crippen molar-refractivity contribution in [3.8, 4) is 0 Å². The molecule has 0 amide bonds. The number of para-hydroxylation sites is 1. The van der Waals surface area contributed by atoms with Crippen LogP contribution in [0.1, 0.15) is 18.8 Å². The van der Waals surface area contributed by atoms with Gasteiger partial charge in [-0.2, -0.15) is 0 Å². The molecule has 0 saturated heterocycles. The van der Waals surface area contributed by atoms with Gasteiger partial charge in [0.25, 0.3) is 0 Å². The van der Waals surface area contributed by atoms with E-state index in [0.717, 1.165) is 16.9 Å². The minimum absolute atomic E-state index is 0.0940. The third kappa shape index (κ3) is 1.41. The molecule has 0 aliphatic heterocycles. The summed E-state index contributed by atoms with van der Waals surface area (Å²) in [4.78, 5) is 7.41. The molecule has 3 nitrogen and oxygen atoms in total. The smallest absolute Gasteiger partial charge is 0.124 e. The van der Waals surface area contributed by atoms with Crippen LogP contribution in [0.4, 0.5) is 0 Å². The Hall–Kier alpha value is -1.06. The molecule has 13 heavy (non-hydrogen) atoms. The largest absolute Gasteiger partial charge is 0.341 e. The van der Waals surface area contributed by atoms with Crippen LogP contribution < -0.4 is 5.73 Å². The minimum atomic E-state index is -0.0940. The van der Waals surface area contributed by atoms with Gasteiger partial charge in [-0.3, -0.25) is 0 Å². The summed E-state index contributed by atoms with van der Waals surface area (Å²) in [5.74, 6) is 0.767. The Morgan fingerprint density at radius 2 is 2.31 bits per heavy atom. The number of nitrogens with zero attached hydrogens (tertiary/aromatic N) is 1. The molecule has 0 saturated carbocycles. The molecule has 0 fully saturated rings. The van der Waals surface area contributed by atoms with Gasteiger partial charge in [0.15, 0.2) is 0 Å². The fourth-order valence-corrected chi connectivity index (χ4v) is 1.45. The number of hydrogen-bond donors (Lipinski definition) is 2. The van der Waals surface area contributed by atoms with Gasteiger partial charge in [-0.15, -0.1) is 0 Å². The number of nitrogens with two attached hydrogens (primary N) is 1. The van der Waals surface area contributed by atoms with Crippen molar-refractivity contribution < 1.29 is 0 Å². The Balaban J connectivity index is 2.68. The van der Waals surface area contributed by atoms with Gasteiger partial charge in [-0.1, -0.05) is 17.7 Å². The summed E-state index contributed by atoms with van der Waals surface area (Å²) in [5.41, 5.74) is 7.41. The predicted octanol–water partition coefficient (Wildman–Crippen LogP) is 2.24. The fourth-order valence-electron chi connectivity index (χ4n) is 1.23. The molecule has 68 valence electrons. The average molecular weight is 196 g/mol. The molecular formula is C9H10ClN3. The fraction of sp³-hybridized carbons (Fsp3) is 0.222. The van der Waals surface area contributed by atoms with Crippen molar-refractivity contribution in [2.45, 2.75) is 13.0 Å². The predicted molar refractivity (Wildman–Crippen MR) is 53.7 cm³/mol. The van der Waals surface area contributed by atoms with Crippen molar-refractivity contribution in [2.24, 2.45) is 5.73 Å². The Bertz CT molecular complexity index is 433. The minimum Gasteiger partial charge on any atom is -0.341 e. The van der Waals surface area contributed by atoms with Gasteiger partial charge in [-0.05, 0) is 19.1 Å². The molecule has 0 aliphatic carbocycles. The maximum absolute atomic E-state index is 5.95. The Morgan fingerprint density at radius 3 is 2.92 bits per heavy atom. The molecule has 0 radical (unpaired) electrons. The van der Waals surface area contributed by atoms with E-state index in [4.69, 9.17) is 17.3 Å². The number of hydrogen-bond acceptors (Lipinski definition) is 2. The number of H-pyrrole nitrogens is 1. The average Bonchev–Trinajstić information content (AvgIpc) is 2.49. The third-order valence-corrected chi connectivity index (χ3v) is 2.22. The topological polar surface area (TPSA) is 54.7 Å². The standard InChI is InChI=1S/C9H10ClN3/c1-5(11)9-12-7-4-2-3-6(10)8(7)13-9/h2-5H,11H2,1H3,(H,12,13). The van der Waals surface area contributed by atoms with E-state index in [9.17, 15) is 0 Å². The van der Waals surface area contributed by atoms with Crippen molar-refractivity contribution in [3.63, 3.8) is 0 Å². The maximum atomic E-state index is 5.95. The zero-order chi connectivity index (χ0) is 9.42. The van der Waals surface area contributed by atoms with Crippen molar-refractivity contribution in [2.75, 3.05) is 0 Å². The molecule has 0 aliphatic rings. The van der Waals surface area contributed by atoms with Gasteiger partial charge < -0.3 is 10.7 Å². The Kier molecular flexibility index (Phi) is 1.98. The lowest BCUT2D eigenvalue weighted by Gasteiger charge is -1.96. The van der Waals surface area contributed by atoms with Crippen molar-refractivity contribution in [1.82, 2.24) is 9.97 Å². The van der Waals surface area contributed by atoms with E-state index < -0.39 is 0 Å². The van der Waals surface area contributed by atoms with Crippen LogP contribution in [0, 0.1) is 0 Å². The molecule has 0 spiro atoms. The van der Waals surface area contributed by atoms with Crippen LogP contribution in [0.3, 0.4) is 0 Å². The van der Waals surface area contributed by atoms with Gasteiger partial charge in [0.05, 0.1) is 16.6 Å². The summed E-state index contributed by atoms with van der Waals surface area (Å²) in [6.45, 7) is 1.88. The highest BCUT2D eigenvalue weighted by Crippen LogP contribution is 2.22.